The van der Waals surface area contributed by atoms with Crippen LogP contribution in [0.1, 0.15) is 31.2 Å². The van der Waals surface area contributed by atoms with Crippen molar-refractivity contribution in [2.24, 2.45) is 5.92 Å². The second-order valence-corrected chi connectivity index (χ2v) is 5.34. The number of amides is 1. The van der Waals surface area contributed by atoms with Gasteiger partial charge < -0.3 is 10.4 Å². The molecule has 1 aliphatic carbocycles. The van der Waals surface area contributed by atoms with Crippen molar-refractivity contribution < 1.29 is 23.5 Å². The lowest BCUT2D eigenvalue weighted by Gasteiger charge is -2.26. The van der Waals surface area contributed by atoms with Gasteiger partial charge in [0.15, 0.2) is 11.6 Å². The summed E-state index contributed by atoms with van der Waals surface area (Å²) in [5.74, 6) is -3.50. The van der Waals surface area contributed by atoms with Gasteiger partial charge in [0.05, 0.1) is 12.3 Å². The summed E-state index contributed by atoms with van der Waals surface area (Å²) in [4.78, 5) is 22.7. The molecule has 4 nitrogen and oxygen atoms in total. The molecule has 1 aromatic rings. The lowest BCUT2D eigenvalue weighted by Crippen LogP contribution is -2.39. The van der Waals surface area contributed by atoms with Gasteiger partial charge >= 0.3 is 5.97 Å². The molecule has 1 fully saturated rings. The van der Waals surface area contributed by atoms with Gasteiger partial charge in [-0.05, 0) is 31.7 Å². The maximum Gasteiger partial charge on any atom is 0.306 e. The van der Waals surface area contributed by atoms with Crippen molar-refractivity contribution in [1.82, 2.24) is 5.32 Å². The van der Waals surface area contributed by atoms with Crippen LogP contribution in [0, 0.1) is 17.6 Å². The number of hydrogen-bond acceptors (Lipinski definition) is 2. The fourth-order valence-corrected chi connectivity index (χ4v) is 2.62. The third-order valence-electron chi connectivity index (χ3n) is 3.82. The van der Waals surface area contributed by atoms with E-state index in [2.05, 4.69) is 5.32 Å². The molecule has 0 atom stereocenters. The molecule has 1 saturated carbocycles. The number of halogens is 2. The van der Waals surface area contributed by atoms with E-state index in [0.717, 1.165) is 6.07 Å². The van der Waals surface area contributed by atoms with Crippen molar-refractivity contribution in [1.29, 1.82) is 0 Å². The van der Waals surface area contributed by atoms with E-state index in [1.807, 2.05) is 0 Å². The largest absolute Gasteiger partial charge is 0.481 e. The summed E-state index contributed by atoms with van der Waals surface area (Å²) in [6.07, 6.45) is 2.01. The van der Waals surface area contributed by atoms with Crippen LogP contribution in [0.4, 0.5) is 8.78 Å². The summed E-state index contributed by atoms with van der Waals surface area (Å²) in [7, 11) is 0. The first kappa shape index (κ1) is 15.4. The number of benzene rings is 1. The molecule has 0 spiro atoms. The Balaban J connectivity index is 1.86. The molecule has 0 heterocycles. The van der Waals surface area contributed by atoms with Gasteiger partial charge in [0, 0.05) is 11.6 Å². The molecule has 1 aliphatic rings. The minimum Gasteiger partial charge on any atom is -0.481 e. The van der Waals surface area contributed by atoms with E-state index in [1.165, 1.54) is 12.1 Å². The Morgan fingerprint density at radius 3 is 2.48 bits per heavy atom. The molecule has 0 radical (unpaired) electrons. The van der Waals surface area contributed by atoms with Gasteiger partial charge in [0.2, 0.25) is 5.91 Å². The van der Waals surface area contributed by atoms with Crippen LogP contribution in [-0.2, 0) is 16.0 Å². The van der Waals surface area contributed by atoms with Gasteiger partial charge in [-0.15, -0.1) is 0 Å². The molecular weight excluding hydrogens is 280 g/mol. The van der Waals surface area contributed by atoms with Gasteiger partial charge in [-0.1, -0.05) is 12.1 Å². The number of hydrogen-bond donors (Lipinski definition) is 2. The van der Waals surface area contributed by atoms with Crippen LogP contribution in [0.3, 0.4) is 0 Å². The van der Waals surface area contributed by atoms with Crippen molar-refractivity contribution in [2.75, 3.05) is 0 Å². The summed E-state index contributed by atoms with van der Waals surface area (Å²) in [6, 6.07) is 3.65. The molecule has 6 heteroatoms. The summed E-state index contributed by atoms with van der Waals surface area (Å²) in [6.45, 7) is 0. The Hall–Kier alpha value is -1.98. The van der Waals surface area contributed by atoms with Crippen molar-refractivity contribution in [3.05, 3.63) is 35.4 Å². The van der Waals surface area contributed by atoms with E-state index in [9.17, 15) is 18.4 Å². The fourth-order valence-electron chi connectivity index (χ4n) is 2.62. The predicted molar refractivity (Wildman–Crippen MR) is 71.6 cm³/mol. The summed E-state index contributed by atoms with van der Waals surface area (Å²) in [5.41, 5.74) is 0.0201. The monoisotopic (exact) mass is 297 g/mol. The topological polar surface area (TPSA) is 66.4 Å². The van der Waals surface area contributed by atoms with Crippen molar-refractivity contribution in [2.45, 2.75) is 38.1 Å². The third kappa shape index (κ3) is 4.00. The minimum absolute atomic E-state index is 0.0201. The van der Waals surface area contributed by atoms with E-state index in [-0.39, 0.29) is 29.9 Å². The Bertz CT molecular complexity index is 540. The average Bonchev–Trinajstić information content (AvgIpc) is 2.44. The third-order valence-corrected chi connectivity index (χ3v) is 3.82. The number of rotatable bonds is 4. The standard InChI is InChI=1S/C15H17F2NO3/c16-12-3-1-2-10(14(12)17)8-13(19)18-11-6-4-9(5-7-11)15(20)21/h1-3,9,11H,4-8H2,(H,18,19)(H,20,21). The second-order valence-electron chi connectivity index (χ2n) is 5.34. The molecule has 0 aromatic heterocycles. The Labute approximate surface area is 121 Å². The van der Waals surface area contributed by atoms with Gasteiger partial charge in [-0.2, -0.15) is 0 Å². The number of carbonyl (C=O) groups excluding carboxylic acids is 1. The first-order chi connectivity index (χ1) is 9.97. The van der Waals surface area contributed by atoms with Crippen molar-refractivity contribution in [3.8, 4) is 0 Å². The molecular formula is C15H17F2NO3. The van der Waals surface area contributed by atoms with E-state index in [4.69, 9.17) is 5.11 Å². The van der Waals surface area contributed by atoms with Gasteiger partial charge in [-0.3, -0.25) is 9.59 Å². The smallest absolute Gasteiger partial charge is 0.306 e. The lowest BCUT2D eigenvalue weighted by molar-refractivity contribution is -0.142. The zero-order valence-corrected chi connectivity index (χ0v) is 11.4. The van der Waals surface area contributed by atoms with Crippen LogP contribution >= 0.6 is 0 Å². The number of carboxylic acid groups (broad SMARTS) is 1. The maximum absolute atomic E-state index is 13.5. The SMILES string of the molecule is O=C(Cc1cccc(F)c1F)NC1CCC(C(=O)O)CC1. The van der Waals surface area contributed by atoms with Crippen LogP contribution in [0.25, 0.3) is 0 Å². The predicted octanol–water partition coefficient (Wildman–Crippen LogP) is 2.27. The van der Waals surface area contributed by atoms with Gasteiger partial charge in [-0.25, -0.2) is 8.78 Å². The van der Waals surface area contributed by atoms with E-state index >= 15 is 0 Å². The Kier molecular flexibility index (Phi) is 4.88. The molecule has 0 unspecified atom stereocenters. The van der Waals surface area contributed by atoms with Crippen LogP contribution in [0.5, 0.6) is 0 Å². The van der Waals surface area contributed by atoms with E-state index in [1.54, 1.807) is 0 Å². The average molecular weight is 297 g/mol. The second kappa shape index (κ2) is 6.65. The quantitative estimate of drug-likeness (QED) is 0.896. The van der Waals surface area contributed by atoms with E-state index < -0.39 is 17.6 Å². The molecule has 0 bridgehead atoms. The highest BCUT2D eigenvalue weighted by Crippen LogP contribution is 2.24. The van der Waals surface area contributed by atoms with Crippen molar-refractivity contribution in [3.63, 3.8) is 0 Å². The lowest BCUT2D eigenvalue weighted by atomic mass is 9.86. The highest BCUT2D eigenvalue weighted by atomic mass is 19.2. The van der Waals surface area contributed by atoms with Gasteiger partial charge in [0.1, 0.15) is 0 Å². The summed E-state index contributed by atoms with van der Waals surface area (Å²) < 4.78 is 26.5. The number of carbonyl (C=O) groups is 2. The zero-order valence-electron chi connectivity index (χ0n) is 11.4. The first-order valence-electron chi connectivity index (χ1n) is 6.92. The number of aliphatic carboxylic acids is 1. The van der Waals surface area contributed by atoms with Crippen LogP contribution in [0.15, 0.2) is 18.2 Å². The van der Waals surface area contributed by atoms with Crippen molar-refractivity contribution >= 4 is 11.9 Å². The molecule has 21 heavy (non-hydrogen) atoms. The van der Waals surface area contributed by atoms with Crippen LogP contribution < -0.4 is 5.32 Å². The maximum atomic E-state index is 13.5. The molecule has 0 aliphatic heterocycles. The van der Waals surface area contributed by atoms with Gasteiger partial charge in [0.25, 0.3) is 0 Å². The normalized spacial score (nSPS) is 21.8. The summed E-state index contributed by atoms with van der Waals surface area (Å²) in [5, 5.41) is 11.6. The molecule has 0 saturated heterocycles. The molecule has 1 amide bonds. The number of carboxylic acids is 1. The molecule has 2 N–H and O–H groups in total. The zero-order chi connectivity index (χ0) is 15.4. The van der Waals surface area contributed by atoms with E-state index in [0.29, 0.717) is 25.7 Å². The highest BCUT2D eigenvalue weighted by Gasteiger charge is 2.26. The Morgan fingerprint density at radius 2 is 1.86 bits per heavy atom. The van der Waals surface area contributed by atoms with Crippen LogP contribution in [-0.4, -0.2) is 23.0 Å². The number of nitrogens with one attached hydrogen (secondary N) is 1. The summed E-state index contributed by atoms with van der Waals surface area (Å²) >= 11 is 0. The molecule has 114 valence electrons. The minimum atomic E-state index is -0.998. The fraction of sp³-hybridized carbons (Fsp3) is 0.467. The highest BCUT2D eigenvalue weighted by molar-refractivity contribution is 5.79. The van der Waals surface area contributed by atoms with Crippen LogP contribution in [0.2, 0.25) is 0 Å². The molecule has 2 rings (SSSR count). The molecule has 1 aromatic carbocycles. The Morgan fingerprint density at radius 1 is 1.19 bits per heavy atom. The first-order valence-corrected chi connectivity index (χ1v) is 6.92.